The van der Waals surface area contributed by atoms with Gasteiger partial charge in [0.05, 0.1) is 13.3 Å². The van der Waals surface area contributed by atoms with E-state index in [2.05, 4.69) is 16.7 Å². The summed E-state index contributed by atoms with van der Waals surface area (Å²) in [5.41, 5.74) is 0.926. The van der Waals surface area contributed by atoms with Gasteiger partial charge in [0, 0.05) is 18.4 Å². The Morgan fingerprint density at radius 1 is 1.41 bits per heavy atom. The van der Waals surface area contributed by atoms with Crippen LogP contribution in [-0.4, -0.2) is 26.2 Å². The zero-order valence-corrected chi connectivity index (χ0v) is 15.4. The van der Waals surface area contributed by atoms with E-state index in [4.69, 9.17) is 4.74 Å². The van der Waals surface area contributed by atoms with Crippen LogP contribution in [0.4, 0.5) is 0 Å². The van der Waals surface area contributed by atoms with Crippen molar-refractivity contribution >= 4 is 11.4 Å². The molecule has 2 unspecified atom stereocenters. The molecule has 0 radical (unpaired) electrons. The topological polar surface area (TPSA) is 62.1 Å². The Balaban J connectivity index is 2.37. The van der Waals surface area contributed by atoms with Gasteiger partial charge in [-0.1, -0.05) is 19.8 Å². The first-order valence-electron chi connectivity index (χ1n) is 7.93. The zero-order chi connectivity index (χ0) is 16.5. The van der Waals surface area contributed by atoms with E-state index in [1.54, 1.807) is 11.8 Å². The van der Waals surface area contributed by atoms with Gasteiger partial charge in [-0.3, -0.25) is 4.68 Å². The number of nitrogens with zero attached hydrogens (tertiary/aromatic N) is 2. The molecule has 1 aromatic rings. The van der Waals surface area contributed by atoms with Crippen LogP contribution in [0, 0.1) is 5.41 Å². The average Bonchev–Trinajstić information content (AvgIpc) is 3.01. The van der Waals surface area contributed by atoms with Gasteiger partial charge in [-0.05, 0) is 39.0 Å². The van der Waals surface area contributed by atoms with E-state index in [0.29, 0.717) is 0 Å². The maximum atomic E-state index is 12.7. The van der Waals surface area contributed by atoms with E-state index in [-0.39, 0.29) is 16.2 Å². The van der Waals surface area contributed by atoms with Crippen molar-refractivity contribution in [1.82, 2.24) is 14.5 Å². The van der Waals surface area contributed by atoms with Crippen molar-refractivity contribution in [2.24, 2.45) is 12.5 Å². The standard InChI is InChI=1S/C16H29N3O2S/c1-15(2,3)22(20)18-14(16(4)9-7-8-10-16)13-12(21-6)11-19(5)17-13/h11,14,18H,7-10H2,1-6H3. The Morgan fingerprint density at radius 2 is 2.00 bits per heavy atom. The summed E-state index contributed by atoms with van der Waals surface area (Å²) in [5.74, 6) is 0.763. The van der Waals surface area contributed by atoms with Crippen LogP contribution in [0.15, 0.2) is 6.20 Å². The molecule has 2 atom stereocenters. The molecule has 1 aliphatic carbocycles. The van der Waals surface area contributed by atoms with Crippen molar-refractivity contribution in [3.63, 3.8) is 0 Å². The smallest absolute Gasteiger partial charge is 0.161 e. The number of hydrogen-bond acceptors (Lipinski definition) is 4. The Kier molecular flexibility index (Phi) is 5.14. The molecule has 1 saturated carbocycles. The molecule has 0 bridgehead atoms. The number of hydrogen-bond donors (Lipinski definition) is 1. The molecular formula is C16H29N3O2S. The molecule has 0 aliphatic heterocycles. The highest BCUT2D eigenvalue weighted by molar-refractivity contribution is 7.90. The molecule has 0 aromatic carbocycles. The molecule has 1 aliphatic rings. The first-order valence-corrected chi connectivity index (χ1v) is 9.08. The largest absolute Gasteiger partial charge is 0.598 e. The van der Waals surface area contributed by atoms with Crippen molar-refractivity contribution in [3.05, 3.63) is 11.9 Å². The van der Waals surface area contributed by atoms with E-state index in [9.17, 15) is 4.55 Å². The lowest BCUT2D eigenvalue weighted by atomic mass is 9.79. The van der Waals surface area contributed by atoms with E-state index in [1.807, 2.05) is 34.0 Å². The second-order valence-electron chi connectivity index (χ2n) is 7.55. The molecule has 22 heavy (non-hydrogen) atoms. The highest BCUT2D eigenvalue weighted by Crippen LogP contribution is 2.49. The summed E-state index contributed by atoms with van der Waals surface area (Å²) in [7, 11) is 3.55. The lowest BCUT2D eigenvalue weighted by Crippen LogP contribution is -2.45. The molecule has 1 heterocycles. The summed E-state index contributed by atoms with van der Waals surface area (Å²) in [4.78, 5) is 0. The van der Waals surface area contributed by atoms with Crippen LogP contribution < -0.4 is 9.46 Å². The van der Waals surface area contributed by atoms with Crippen molar-refractivity contribution in [3.8, 4) is 5.75 Å². The van der Waals surface area contributed by atoms with Gasteiger partial charge in [-0.15, -0.1) is 4.72 Å². The highest BCUT2D eigenvalue weighted by Gasteiger charge is 2.44. The minimum Gasteiger partial charge on any atom is -0.598 e. The minimum absolute atomic E-state index is 0.0581. The van der Waals surface area contributed by atoms with Crippen LogP contribution in [0.1, 0.15) is 65.1 Å². The van der Waals surface area contributed by atoms with E-state index in [0.717, 1.165) is 24.3 Å². The molecular weight excluding hydrogens is 298 g/mol. The van der Waals surface area contributed by atoms with Crippen LogP contribution in [0.2, 0.25) is 0 Å². The lowest BCUT2D eigenvalue weighted by Gasteiger charge is -2.36. The second-order valence-corrected chi connectivity index (χ2v) is 9.55. The average molecular weight is 327 g/mol. The van der Waals surface area contributed by atoms with E-state index < -0.39 is 11.4 Å². The summed E-state index contributed by atoms with van der Waals surface area (Å²) in [6, 6.07) is -0.0637. The number of rotatable bonds is 5. The molecule has 0 saturated heterocycles. The number of aryl methyl sites for hydroxylation is 1. The third-order valence-electron chi connectivity index (χ3n) is 4.54. The molecule has 5 nitrogen and oxygen atoms in total. The van der Waals surface area contributed by atoms with Gasteiger partial charge < -0.3 is 9.29 Å². The van der Waals surface area contributed by atoms with Crippen LogP contribution in [0.3, 0.4) is 0 Å². The van der Waals surface area contributed by atoms with Crippen molar-refractivity contribution < 1.29 is 9.29 Å². The molecule has 0 amide bonds. The van der Waals surface area contributed by atoms with Crippen LogP contribution in [-0.2, 0) is 18.4 Å². The minimum atomic E-state index is -1.15. The van der Waals surface area contributed by atoms with E-state index >= 15 is 0 Å². The predicted octanol–water partition coefficient (Wildman–Crippen LogP) is 3.10. The molecule has 6 heteroatoms. The molecule has 1 aromatic heterocycles. The lowest BCUT2D eigenvalue weighted by molar-refractivity contribution is 0.236. The van der Waals surface area contributed by atoms with Gasteiger partial charge in [0.1, 0.15) is 16.5 Å². The first kappa shape index (κ1) is 17.6. The third-order valence-corrected chi connectivity index (χ3v) is 6.10. The summed E-state index contributed by atoms with van der Waals surface area (Å²) < 4.78 is 23.0. The van der Waals surface area contributed by atoms with Gasteiger partial charge in [0.15, 0.2) is 5.75 Å². The van der Waals surface area contributed by atoms with Gasteiger partial charge in [0.25, 0.3) is 0 Å². The first-order chi connectivity index (χ1) is 10.2. The monoisotopic (exact) mass is 327 g/mol. The Labute approximate surface area is 137 Å². The van der Waals surface area contributed by atoms with Crippen molar-refractivity contribution in [1.29, 1.82) is 0 Å². The fraction of sp³-hybridized carbons (Fsp3) is 0.812. The predicted molar refractivity (Wildman–Crippen MR) is 90.1 cm³/mol. The molecule has 126 valence electrons. The van der Waals surface area contributed by atoms with Gasteiger partial charge in [-0.25, -0.2) is 0 Å². The normalized spacial score (nSPS) is 20.9. The Morgan fingerprint density at radius 3 is 2.50 bits per heavy atom. The van der Waals surface area contributed by atoms with Gasteiger partial charge in [0.2, 0.25) is 0 Å². The number of aromatic nitrogens is 2. The second kappa shape index (κ2) is 6.42. The molecule has 1 fully saturated rings. The summed E-state index contributed by atoms with van der Waals surface area (Å²) >= 11 is -1.15. The number of methoxy groups -OCH3 is 1. The summed E-state index contributed by atoms with van der Waals surface area (Å²) in [6.45, 7) is 8.23. The number of nitrogens with one attached hydrogen (secondary N) is 1. The summed E-state index contributed by atoms with van der Waals surface area (Å²) in [5, 5.41) is 4.60. The molecule has 0 spiro atoms. The van der Waals surface area contributed by atoms with E-state index in [1.165, 1.54) is 12.8 Å². The summed E-state index contributed by atoms with van der Waals surface area (Å²) in [6.07, 6.45) is 6.54. The van der Waals surface area contributed by atoms with Crippen LogP contribution in [0.5, 0.6) is 5.75 Å². The Bertz CT molecular complexity index is 504. The fourth-order valence-electron chi connectivity index (χ4n) is 3.12. The number of ether oxygens (including phenoxy) is 1. The fourth-order valence-corrected chi connectivity index (χ4v) is 4.09. The van der Waals surface area contributed by atoms with Crippen molar-refractivity contribution in [2.75, 3.05) is 7.11 Å². The van der Waals surface area contributed by atoms with Crippen molar-refractivity contribution in [2.45, 2.75) is 64.2 Å². The van der Waals surface area contributed by atoms with Crippen LogP contribution in [0.25, 0.3) is 0 Å². The third kappa shape index (κ3) is 3.60. The van der Waals surface area contributed by atoms with Crippen LogP contribution >= 0.6 is 0 Å². The quantitative estimate of drug-likeness (QED) is 0.844. The van der Waals surface area contributed by atoms with Gasteiger partial charge in [-0.2, -0.15) is 5.10 Å². The van der Waals surface area contributed by atoms with Gasteiger partial charge >= 0.3 is 0 Å². The maximum absolute atomic E-state index is 12.7. The maximum Gasteiger partial charge on any atom is 0.161 e. The highest BCUT2D eigenvalue weighted by atomic mass is 32.2. The molecule has 2 rings (SSSR count). The zero-order valence-electron chi connectivity index (χ0n) is 14.6. The Hall–Kier alpha value is -0.720. The molecule has 1 N–H and O–H groups in total. The SMILES string of the molecule is COc1cn(C)nc1C(N[S+]([O-])C(C)(C)C)C1(C)CCCC1.